The van der Waals surface area contributed by atoms with Crippen molar-refractivity contribution in [1.29, 1.82) is 0 Å². The molecule has 3 rings (SSSR count). The number of thiophene rings is 1. The quantitative estimate of drug-likeness (QED) is 0.721. The monoisotopic (exact) mass is 343 g/mol. The predicted molar refractivity (Wildman–Crippen MR) is 90.4 cm³/mol. The minimum atomic E-state index is -0.591. The number of rotatable bonds is 5. The standard InChI is InChI=1S/C18H14FNO3S/c19-14-6-7-15-13(8-14)9-16(24-15)18(22)23-11-17(21)20-10-12-4-2-1-3-5-12/h1-9H,10-11H2,(H,20,21). The van der Waals surface area contributed by atoms with E-state index in [1.54, 1.807) is 12.1 Å². The molecule has 3 aromatic rings. The number of ether oxygens (including phenoxy) is 1. The Hall–Kier alpha value is -2.73. The van der Waals surface area contributed by atoms with Crippen LogP contribution in [0.5, 0.6) is 0 Å². The van der Waals surface area contributed by atoms with Gasteiger partial charge in [-0.05, 0) is 35.2 Å². The normalized spacial score (nSPS) is 10.5. The summed E-state index contributed by atoms with van der Waals surface area (Å²) >= 11 is 1.20. The van der Waals surface area contributed by atoms with Gasteiger partial charge < -0.3 is 10.1 Å². The molecule has 1 heterocycles. The van der Waals surface area contributed by atoms with E-state index in [9.17, 15) is 14.0 Å². The maximum Gasteiger partial charge on any atom is 0.348 e. The zero-order chi connectivity index (χ0) is 16.9. The highest BCUT2D eigenvalue weighted by Gasteiger charge is 2.14. The van der Waals surface area contributed by atoms with E-state index in [4.69, 9.17) is 4.74 Å². The number of benzene rings is 2. The minimum Gasteiger partial charge on any atom is -0.451 e. The van der Waals surface area contributed by atoms with Crippen molar-refractivity contribution >= 4 is 33.3 Å². The summed E-state index contributed by atoms with van der Waals surface area (Å²) in [5, 5.41) is 3.32. The average molecular weight is 343 g/mol. The van der Waals surface area contributed by atoms with Crippen molar-refractivity contribution in [3.8, 4) is 0 Å². The van der Waals surface area contributed by atoms with Crippen molar-refractivity contribution in [2.75, 3.05) is 6.61 Å². The molecule has 1 aromatic heterocycles. The molecule has 122 valence electrons. The van der Waals surface area contributed by atoms with Crippen molar-refractivity contribution in [2.24, 2.45) is 0 Å². The van der Waals surface area contributed by atoms with E-state index < -0.39 is 5.97 Å². The van der Waals surface area contributed by atoms with Crippen LogP contribution < -0.4 is 5.32 Å². The van der Waals surface area contributed by atoms with E-state index in [1.165, 1.54) is 23.5 Å². The second-order valence-electron chi connectivity index (χ2n) is 5.13. The summed E-state index contributed by atoms with van der Waals surface area (Å²) in [6, 6.07) is 15.3. The molecule has 0 fully saturated rings. The smallest absolute Gasteiger partial charge is 0.348 e. The fourth-order valence-electron chi connectivity index (χ4n) is 2.16. The Morgan fingerprint density at radius 3 is 2.67 bits per heavy atom. The predicted octanol–water partition coefficient (Wildman–Crippen LogP) is 3.51. The van der Waals surface area contributed by atoms with Gasteiger partial charge in [-0.3, -0.25) is 4.79 Å². The van der Waals surface area contributed by atoms with Crippen molar-refractivity contribution in [3.63, 3.8) is 0 Å². The average Bonchev–Trinajstić information content (AvgIpc) is 3.02. The van der Waals surface area contributed by atoms with Crippen molar-refractivity contribution in [3.05, 3.63) is 70.9 Å². The van der Waals surface area contributed by atoms with Gasteiger partial charge in [-0.25, -0.2) is 9.18 Å². The van der Waals surface area contributed by atoms with Crippen LogP contribution in [0.15, 0.2) is 54.6 Å². The molecule has 0 unspecified atom stereocenters. The fourth-order valence-corrected chi connectivity index (χ4v) is 3.10. The summed E-state index contributed by atoms with van der Waals surface area (Å²) in [4.78, 5) is 24.1. The van der Waals surface area contributed by atoms with Crippen LogP contribution >= 0.6 is 11.3 Å². The van der Waals surface area contributed by atoms with Gasteiger partial charge in [0.05, 0.1) is 0 Å². The molecule has 0 saturated heterocycles. The van der Waals surface area contributed by atoms with Gasteiger partial charge >= 0.3 is 5.97 Å². The van der Waals surface area contributed by atoms with E-state index in [0.717, 1.165) is 10.3 Å². The number of hydrogen-bond donors (Lipinski definition) is 1. The lowest BCUT2D eigenvalue weighted by atomic mass is 10.2. The molecular formula is C18H14FNO3S. The Morgan fingerprint density at radius 1 is 1.08 bits per heavy atom. The van der Waals surface area contributed by atoms with Gasteiger partial charge in [0.1, 0.15) is 10.7 Å². The van der Waals surface area contributed by atoms with Crippen LogP contribution in [0.4, 0.5) is 4.39 Å². The number of hydrogen-bond acceptors (Lipinski definition) is 4. The Morgan fingerprint density at radius 2 is 1.88 bits per heavy atom. The molecule has 0 atom stereocenters. The number of carbonyl (C=O) groups is 2. The second-order valence-corrected chi connectivity index (χ2v) is 6.22. The van der Waals surface area contributed by atoms with Gasteiger partial charge in [0.25, 0.3) is 5.91 Å². The van der Waals surface area contributed by atoms with Gasteiger partial charge in [0.15, 0.2) is 6.61 Å². The highest BCUT2D eigenvalue weighted by atomic mass is 32.1. The first-order valence-electron chi connectivity index (χ1n) is 7.29. The zero-order valence-electron chi connectivity index (χ0n) is 12.6. The Balaban J connectivity index is 1.53. The van der Waals surface area contributed by atoms with E-state index in [0.29, 0.717) is 16.8 Å². The van der Waals surface area contributed by atoms with E-state index in [-0.39, 0.29) is 18.3 Å². The fraction of sp³-hybridized carbons (Fsp3) is 0.111. The number of esters is 1. The third-order valence-corrected chi connectivity index (χ3v) is 4.44. The van der Waals surface area contributed by atoms with Crippen molar-refractivity contribution in [2.45, 2.75) is 6.54 Å². The SMILES string of the molecule is O=C(COC(=O)c1cc2cc(F)ccc2s1)NCc1ccccc1. The lowest BCUT2D eigenvalue weighted by Gasteiger charge is -2.05. The topological polar surface area (TPSA) is 55.4 Å². The van der Waals surface area contributed by atoms with Crippen LogP contribution in [0.3, 0.4) is 0 Å². The molecule has 1 N–H and O–H groups in total. The van der Waals surface area contributed by atoms with Crippen molar-refractivity contribution < 1.29 is 18.7 Å². The third-order valence-electron chi connectivity index (χ3n) is 3.35. The molecule has 1 amide bonds. The van der Waals surface area contributed by atoms with E-state index in [2.05, 4.69) is 5.32 Å². The Labute approximate surface area is 141 Å². The summed E-state index contributed by atoms with van der Waals surface area (Å²) in [5.41, 5.74) is 0.962. The van der Waals surface area contributed by atoms with Crippen LogP contribution in [0.25, 0.3) is 10.1 Å². The third kappa shape index (κ3) is 3.97. The first-order valence-corrected chi connectivity index (χ1v) is 8.10. The van der Waals surface area contributed by atoms with Crippen LogP contribution in [0.1, 0.15) is 15.2 Å². The molecule has 6 heteroatoms. The number of carbonyl (C=O) groups excluding carboxylic acids is 2. The van der Waals surface area contributed by atoms with Crippen molar-refractivity contribution in [1.82, 2.24) is 5.32 Å². The largest absolute Gasteiger partial charge is 0.451 e. The number of fused-ring (bicyclic) bond motifs is 1. The maximum atomic E-state index is 13.2. The first-order chi connectivity index (χ1) is 11.6. The van der Waals surface area contributed by atoms with Gasteiger partial charge in [-0.1, -0.05) is 30.3 Å². The summed E-state index contributed by atoms with van der Waals surface area (Å²) in [6.45, 7) is 0.0215. The summed E-state index contributed by atoms with van der Waals surface area (Å²) in [6.07, 6.45) is 0. The number of nitrogens with one attached hydrogen (secondary N) is 1. The lowest BCUT2D eigenvalue weighted by molar-refractivity contribution is -0.124. The van der Waals surface area contributed by atoms with Gasteiger partial charge in [0, 0.05) is 11.2 Å². The van der Waals surface area contributed by atoms with E-state index >= 15 is 0 Å². The van der Waals surface area contributed by atoms with Gasteiger partial charge in [0.2, 0.25) is 0 Å². The van der Waals surface area contributed by atoms with Crippen LogP contribution in [0.2, 0.25) is 0 Å². The molecule has 2 aromatic carbocycles. The van der Waals surface area contributed by atoms with Crippen LogP contribution in [-0.4, -0.2) is 18.5 Å². The molecule has 0 spiro atoms. The number of amides is 1. The van der Waals surface area contributed by atoms with E-state index in [1.807, 2.05) is 30.3 Å². The van der Waals surface area contributed by atoms with Crippen LogP contribution in [-0.2, 0) is 16.1 Å². The minimum absolute atomic E-state index is 0.339. The Kier molecular flexibility index (Phi) is 4.86. The molecule has 24 heavy (non-hydrogen) atoms. The first kappa shape index (κ1) is 16.1. The molecule has 0 saturated carbocycles. The Bertz CT molecular complexity index is 876. The molecule has 0 aliphatic heterocycles. The molecule has 0 aliphatic rings. The molecular weight excluding hydrogens is 329 g/mol. The summed E-state index contributed by atoms with van der Waals surface area (Å²) in [5.74, 6) is -1.33. The molecule has 0 aliphatic carbocycles. The summed E-state index contributed by atoms with van der Waals surface area (Å²) < 4.78 is 19.0. The molecule has 0 radical (unpaired) electrons. The van der Waals surface area contributed by atoms with Gasteiger partial charge in [-0.15, -0.1) is 11.3 Å². The molecule has 4 nitrogen and oxygen atoms in total. The summed E-state index contributed by atoms with van der Waals surface area (Å²) in [7, 11) is 0. The molecule has 0 bridgehead atoms. The lowest BCUT2D eigenvalue weighted by Crippen LogP contribution is -2.28. The highest BCUT2D eigenvalue weighted by molar-refractivity contribution is 7.20. The second kappa shape index (κ2) is 7.23. The zero-order valence-corrected chi connectivity index (χ0v) is 13.4. The number of halogens is 1. The highest BCUT2D eigenvalue weighted by Crippen LogP contribution is 2.26. The van der Waals surface area contributed by atoms with Crippen LogP contribution in [0, 0.1) is 5.82 Å². The van der Waals surface area contributed by atoms with Gasteiger partial charge in [-0.2, -0.15) is 0 Å². The maximum absolute atomic E-state index is 13.2.